The number of carbonyl (C=O) groups excluding carboxylic acids is 2. The molecule has 2 N–H and O–H groups in total. The van der Waals surface area contributed by atoms with Crippen molar-refractivity contribution >= 4 is 23.7 Å². The predicted octanol–water partition coefficient (Wildman–Crippen LogP) is 2.58. The number of carboxylic acid groups (broad SMARTS) is 1. The van der Waals surface area contributed by atoms with Gasteiger partial charge in [-0.1, -0.05) is 0 Å². The maximum atomic E-state index is 11.5. The van der Waals surface area contributed by atoms with Gasteiger partial charge in [-0.15, -0.1) is 0 Å². The van der Waals surface area contributed by atoms with Crippen LogP contribution in [0.4, 0.5) is 10.5 Å². The first-order valence-electron chi connectivity index (χ1n) is 6.38. The van der Waals surface area contributed by atoms with E-state index in [0.29, 0.717) is 5.69 Å². The molecule has 0 heterocycles. The highest BCUT2D eigenvalue weighted by atomic mass is 16.7. The molecule has 7 heteroatoms. The third kappa shape index (κ3) is 7.09. The van der Waals surface area contributed by atoms with E-state index in [9.17, 15) is 14.4 Å². The number of benzene rings is 1. The minimum absolute atomic E-state index is 0.258. The van der Waals surface area contributed by atoms with Crippen molar-refractivity contribution in [2.75, 3.05) is 5.32 Å². The Labute approximate surface area is 127 Å². The topological polar surface area (TPSA) is 102 Å². The van der Waals surface area contributed by atoms with Crippen LogP contribution in [-0.2, 0) is 14.3 Å². The van der Waals surface area contributed by atoms with Gasteiger partial charge in [0.2, 0.25) is 5.91 Å². The van der Waals surface area contributed by atoms with E-state index >= 15 is 0 Å². The normalized spacial score (nSPS) is 11.0. The molecule has 0 spiro atoms. The summed E-state index contributed by atoms with van der Waals surface area (Å²) in [6.07, 6.45) is 0.802. The molecule has 1 amide bonds. The molecule has 0 aliphatic carbocycles. The molecule has 22 heavy (non-hydrogen) atoms. The number of amides is 1. The first kappa shape index (κ1) is 17.2. The summed E-state index contributed by atoms with van der Waals surface area (Å²) in [6.45, 7) is 5.16. The highest BCUT2D eigenvalue weighted by Gasteiger charge is 2.17. The zero-order valence-electron chi connectivity index (χ0n) is 12.5. The number of anilines is 1. The Morgan fingerprint density at radius 1 is 1.09 bits per heavy atom. The average Bonchev–Trinajstić information content (AvgIpc) is 2.36. The van der Waals surface area contributed by atoms with Crippen molar-refractivity contribution in [1.29, 1.82) is 0 Å². The second kappa shape index (κ2) is 7.26. The maximum Gasteiger partial charge on any atom is 0.514 e. The second-order valence-corrected chi connectivity index (χ2v) is 5.25. The van der Waals surface area contributed by atoms with Gasteiger partial charge in [0, 0.05) is 17.8 Å². The van der Waals surface area contributed by atoms with Gasteiger partial charge in [0.25, 0.3) is 0 Å². The van der Waals surface area contributed by atoms with Crippen LogP contribution in [0.3, 0.4) is 0 Å². The SMILES string of the molecule is CC(C)(C)OC(=O)Oc1ccc(NC(=O)C=CC(=O)O)cc1. The Hall–Kier alpha value is -2.83. The van der Waals surface area contributed by atoms with Crippen molar-refractivity contribution in [3.63, 3.8) is 0 Å². The largest absolute Gasteiger partial charge is 0.514 e. The van der Waals surface area contributed by atoms with Gasteiger partial charge in [0.1, 0.15) is 11.4 Å². The number of carboxylic acids is 1. The van der Waals surface area contributed by atoms with E-state index in [-0.39, 0.29) is 5.75 Å². The highest BCUT2D eigenvalue weighted by molar-refractivity contribution is 6.02. The van der Waals surface area contributed by atoms with Crippen LogP contribution >= 0.6 is 0 Å². The number of aliphatic carboxylic acids is 1. The lowest BCUT2D eigenvalue weighted by Crippen LogP contribution is -2.25. The van der Waals surface area contributed by atoms with Gasteiger partial charge < -0.3 is 19.9 Å². The molecule has 0 fully saturated rings. The summed E-state index contributed by atoms with van der Waals surface area (Å²) in [7, 11) is 0. The molecule has 1 aromatic rings. The lowest BCUT2D eigenvalue weighted by Gasteiger charge is -2.18. The Kier molecular flexibility index (Phi) is 5.68. The minimum Gasteiger partial charge on any atom is -0.478 e. The number of ether oxygens (including phenoxy) is 2. The summed E-state index contributed by atoms with van der Waals surface area (Å²) in [4.78, 5) is 33.1. The summed E-state index contributed by atoms with van der Waals surface area (Å²) in [5.74, 6) is -1.53. The Balaban J connectivity index is 2.58. The molecule has 0 aliphatic rings. The van der Waals surface area contributed by atoms with Crippen LogP contribution in [-0.4, -0.2) is 28.7 Å². The number of carbonyl (C=O) groups is 3. The van der Waals surface area contributed by atoms with E-state index in [1.807, 2.05) is 0 Å². The molecule has 1 aromatic carbocycles. The van der Waals surface area contributed by atoms with Crippen LogP contribution in [0.15, 0.2) is 36.4 Å². The molecule has 0 atom stereocenters. The number of rotatable bonds is 4. The molecule has 0 radical (unpaired) electrons. The molecule has 0 saturated heterocycles. The van der Waals surface area contributed by atoms with Gasteiger partial charge in [0.15, 0.2) is 0 Å². The third-order valence-electron chi connectivity index (χ3n) is 2.09. The maximum absolute atomic E-state index is 11.5. The molecule has 0 bridgehead atoms. The Morgan fingerprint density at radius 2 is 1.68 bits per heavy atom. The highest BCUT2D eigenvalue weighted by Crippen LogP contribution is 2.17. The first-order chi connectivity index (χ1) is 10.2. The molecule has 1 rings (SSSR count). The van der Waals surface area contributed by atoms with Crippen molar-refractivity contribution in [1.82, 2.24) is 0 Å². The van der Waals surface area contributed by atoms with Crippen molar-refractivity contribution < 1.29 is 29.0 Å². The van der Waals surface area contributed by atoms with Crippen LogP contribution in [0.25, 0.3) is 0 Å². The summed E-state index contributed by atoms with van der Waals surface area (Å²) in [5.41, 5.74) is -0.224. The fourth-order valence-corrected chi connectivity index (χ4v) is 1.30. The van der Waals surface area contributed by atoms with E-state index in [1.54, 1.807) is 20.8 Å². The summed E-state index contributed by atoms with van der Waals surface area (Å²) >= 11 is 0. The molecular weight excluding hydrogens is 290 g/mol. The van der Waals surface area contributed by atoms with Gasteiger partial charge in [-0.3, -0.25) is 4.79 Å². The van der Waals surface area contributed by atoms with Crippen molar-refractivity contribution in [3.8, 4) is 5.75 Å². The van der Waals surface area contributed by atoms with Gasteiger partial charge in [-0.2, -0.15) is 0 Å². The summed E-state index contributed by atoms with van der Waals surface area (Å²) in [6, 6.07) is 5.96. The van der Waals surface area contributed by atoms with Gasteiger partial charge in [-0.05, 0) is 45.0 Å². The van der Waals surface area contributed by atoms with E-state index in [2.05, 4.69) is 5.32 Å². The lowest BCUT2D eigenvalue weighted by molar-refractivity contribution is -0.131. The van der Waals surface area contributed by atoms with Crippen molar-refractivity contribution in [2.45, 2.75) is 26.4 Å². The van der Waals surface area contributed by atoms with Crippen LogP contribution in [0.2, 0.25) is 0 Å². The van der Waals surface area contributed by atoms with Crippen LogP contribution in [0.5, 0.6) is 5.75 Å². The van der Waals surface area contributed by atoms with Crippen LogP contribution in [0, 0.1) is 0 Å². The third-order valence-corrected chi connectivity index (χ3v) is 2.09. The number of nitrogens with one attached hydrogen (secondary N) is 1. The van der Waals surface area contributed by atoms with Crippen molar-refractivity contribution in [3.05, 3.63) is 36.4 Å². The van der Waals surface area contributed by atoms with Gasteiger partial charge in [-0.25, -0.2) is 9.59 Å². The Bertz CT molecular complexity index is 583. The van der Waals surface area contributed by atoms with E-state index in [1.165, 1.54) is 24.3 Å². The number of hydrogen-bond acceptors (Lipinski definition) is 5. The second-order valence-electron chi connectivity index (χ2n) is 5.25. The fourth-order valence-electron chi connectivity index (χ4n) is 1.30. The quantitative estimate of drug-likeness (QED) is 0.503. The molecule has 7 nitrogen and oxygen atoms in total. The predicted molar refractivity (Wildman–Crippen MR) is 78.7 cm³/mol. The zero-order chi connectivity index (χ0) is 16.8. The molecule has 0 unspecified atom stereocenters. The number of hydrogen-bond donors (Lipinski definition) is 2. The standard InChI is InChI=1S/C15H17NO6/c1-15(2,3)22-14(20)21-11-6-4-10(5-7-11)16-12(17)8-9-13(18)19/h4-9H,1-3H3,(H,16,17)(H,18,19). The first-order valence-corrected chi connectivity index (χ1v) is 6.38. The molecule has 0 aromatic heterocycles. The minimum atomic E-state index is -1.21. The van der Waals surface area contributed by atoms with Crippen LogP contribution in [0.1, 0.15) is 20.8 Å². The summed E-state index contributed by atoms with van der Waals surface area (Å²) in [5, 5.41) is 10.9. The van der Waals surface area contributed by atoms with Gasteiger partial charge >= 0.3 is 12.1 Å². The lowest BCUT2D eigenvalue weighted by atomic mass is 10.2. The molecular formula is C15H17NO6. The Morgan fingerprint density at radius 3 is 2.18 bits per heavy atom. The van der Waals surface area contributed by atoms with Gasteiger partial charge in [0.05, 0.1) is 0 Å². The molecule has 0 saturated carbocycles. The molecule has 118 valence electrons. The average molecular weight is 307 g/mol. The summed E-state index contributed by atoms with van der Waals surface area (Å²) < 4.78 is 9.96. The van der Waals surface area contributed by atoms with Crippen molar-refractivity contribution in [2.24, 2.45) is 0 Å². The van der Waals surface area contributed by atoms with E-state index in [0.717, 1.165) is 12.2 Å². The van der Waals surface area contributed by atoms with E-state index in [4.69, 9.17) is 14.6 Å². The fraction of sp³-hybridized carbons (Fsp3) is 0.267. The monoisotopic (exact) mass is 307 g/mol. The zero-order valence-corrected chi connectivity index (χ0v) is 12.5. The van der Waals surface area contributed by atoms with E-state index < -0.39 is 23.6 Å². The smallest absolute Gasteiger partial charge is 0.478 e. The van der Waals surface area contributed by atoms with Crippen LogP contribution < -0.4 is 10.1 Å². The molecule has 0 aliphatic heterocycles.